The third-order valence-electron chi connectivity index (χ3n) is 3.49. The maximum absolute atomic E-state index is 12.0. The number of carbonyl (C=O) groups excluding carboxylic acids is 1. The van der Waals surface area contributed by atoms with Gasteiger partial charge in [-0.1, -0.05) is 11.6 Å². The number of aromatic nitrogens is 3. The number of anilines is 1. The monoisotopic (exact) mass is 329 g/mol. The molecule has 2 heterocycles. The van der Waals surface area contributed by atoms with E-state index in [-0.39, 0.29) is 16.9 Å². The van der Waals surface area contributed by atoms with Crippen LogP contribution in [0.15, 0.2) is 24.5 Å². The summed E-state index contributed by atoms with van der Waals surface area (Å²) in [5.74, 6) is -0.647. The molecule has 0 amide bonds. The van der Waals surface area contributed by atoms with Gasteiger partial charge < -0.3 is 15.0 Å². The van der Waals surface area contributed by atoms with E-state index in [0.717, 1.165) is 10.9 Å². The molecule has 0 saturated carbocycles. The van der Waals surface area contributed by atoms with Gasteiger partial charge in [0, 0.05) is 24.8 Å². The highest BCUT2D eigenvalue weighted by molar-refractivity contribution is 6.33. The van der Waals surface area contributed by atoms with Crippen LogP contribution in [0, 0.1) is 11.3 Å². The van der Waals surface area contributed by atoms with E-state index in [0.29, 0.717) is 10.7 Å². The van der Waals surface area contributed by atoms with E-state index in [9.17, 15) is 4.79 Å². The summed E-state index contributed by atoms with van der Waals surface area (Å²) in [6.07, 6.45) is 3.29. The normalized spacial score (nSPS) is 10.7. The molecule has 0 spiro atoms. The van der Waals surface area contributed by atoms with Crippen molar-refractivity contribution in [1.29, 1.82) is 5.26 Å². The number of hydrogen-bond acceptors (Lipinski definition) is 5. The first-order chi connectivity index (χ1) is 11.0. The van der Waals surface area contributed by atoms with Crippen LogP contribution in [0.1, 0.15) is 16.1 Å². The lowest BCUT2D eigenvalue weighted by atomic mass is 10.2. The van der Waals surface area contributed by atoms with Crippen molar-refractivity contribution in [2.24, 2.45) is 7.05 Å². The molecule has 23 heavy (non-hydrogen) atoms. The van der Waals surface area contributed by atoms with Gasteiger partial charge in [-0.3, -0.25) is 4.68 Å². The van der Waals surface area contributed by atoms with Crippen LogP contribution in [0.5, 0.6) is 0 Å². The van der Waals surface area contributed by atoms with Crippen LogP contribution in [0.4, 0.5) is 5.69 Å². The van der Waals surface area contributed by atoms with Crippen molar-refractivity contribution < 1.29 is 9.53 Å². The number of esters is 1. The highest BCUT2D eigenvalue weighted by Gasteiger charge is 2.23. The van der Waals surface area contributed by atoms with Crippen molar-refractivity contribution in [2.75, 3.05) is 12.8 Å². The minimum atomic E-state index is -0.647. The molecule has 0 atom stereocenters. The van der Waals surface area contributed by atoms with Crippen LogP contribution in [0.3, 0.4) is 0 Å². The zero-order valence-corrected chi connectivity index (χ0v) is 13.1. The number of nitrogen functional groups attached to an aromatic ring is 1. The largest absolute Gasteiger partial charge is 0.464 e. The Morgan fingerprint density at radius 2 is 2.17 bits per heavy atom. The van der Waals surface area contributed by atoms with E-state index in [2.05, 4.69) is 5.10 Å². The Hall–Kier alpha value is -2.98. The number of carbonyl (C=O) groups is 1. The Kier molecular flexibility index (Phi) is 3.47. The Bertz CT molecular complexity index is 980. The van der Waals surface area contributed by atoms with Gasteiger partial charge in [0.25, 0.3) is 0 Å². The van der Waals surface area contributed by atoms with Crippen LogP contribution < -0.4 is 5.73 Å². The number of hydrogen-bond donors (Lipinski definition) is 1. The molecule has 0 radical (unpaired) electrons. The smallest absolute Gasteiger partial charge is 0.357 e. The number of nitrogens with two attached hydrogens (primary N) is 1. The SMILES string of the molecule is COC(=O)c1c(N)c(C#N)cn1-c1cc2cn(C)nc2cc1Cl. The number of fused-ring (bicyclic) bond motifs is 1. The van der Waals surface area contributed by atoms with E-state index >= 15 is 0 Å². The van der Waals surface area contributed by atoms with Gasteiger partial charge in [-0.15, -0.1) is 0 Å². The fourth-order valence-corrected chi connectivity index (χ4v) is 2.70. The highest BCUT2D eigenvalue weighted by atomic mass is 35.5. The van der Waals surface area contributed by atoms with E-state index in [1.54, 1.807) is 23.9 Å². The molecule has 0 saturated heterocycles. The summed E-state index contributed by atoms with van der Waals surface area (Å²) in [6, 6.07) is 5.42. The minimum absolute atomic E-state index is 0.0571. The summed E-state index contributed by atoms with van der Waals surface area (Å²) in [6.45, 7) is 0. The lowest BCUT2D eigenvalue weighted by Crippen LogP contribution is -2.11. The lowest BCUT2D eigenvalue weighted by molar-refractivity contribution is 0.0593. The van der Waals surface area contributed by atoms with Crippen LogP contribution >= 0.6 is 11.6 Å². The number of ether oxygens (including phenoxy) is 1. The Labute approximate surface area is 136 Å². The summed E-state index contributed by atoms with van der Waals surface area (Å²) in [5, 5.41) is 14.7. The van der Waals surface area contributed by atoms with Gasteiger partial charge >= 0.3 is 5.97 Å². The van der Waals surface area contributed by atoms with E-state index in [1.165, 1.54) is 17.9 Å². The highest BCUT2D eigenvalue weighted by Crippen LogP contribution is 2.31. The lowest BCUT2D eigenvalue weighted by Gasteiger charge is -2.10. The number of benzene rings is 1. The third kappa shape index (κ3) is 2.29. The van der Waals surface area contributed by atoms with Gasteiger partial charge in [-0.05, 0) is 12.1 Å². The average molecular weight is 330 g/mol. The number of nitrogens with zero attached hydrogens (tertiary/aromatic N) is 4. The number of halogens is 1. The van der Waals surface area contributed by atoms with Gasteiger partial charge in [-0.25, -0.2) is 4.79 Å². The van der Waals surface area contributed by atoms with Crippen LogP contribution in [-0.4, -0.2) is 27.4 Å². The second-order valence-corrected chi connectivity index (χ2v) is 5.35. The molecule has 1 aromatic carbocycles. The predicted octanol–water partition coefficient (Wildman–Crippen LogP) is 2.26. The molecule has 7 nitrogen and oxygen atoms in total. The number of aryl methyl sites for hydroxylation is 1. The van der Waals surface area contributed by atoms with Crippen molar-refractivity contribution in [3.8, 4) is 11.8 Å². The second-order valence-electron chi connectivity index (χ2n) is 4.94. The molecule has 116 valence electrons. The second kappa shape index (κ2) is 5.34. The topological polar surface area (TPSA) is 98.9 Å². The van der Waals surface area contributed by atoms with Gasteiger partial charge in [0.05, 0.1) is 34.6 Å². The number of nitriles is 1. The fraction of sp³-hybridized carbons (Fsp3) is 0.133. The molecule has 0 unspecified atom stereocenters. The first kappa shape index (κ1) is 14.9. The molecule has 3 aromatic rings. The third-order valence-corrected chi connectivity index (χ3v) is 3.79. The first-order valence-electron chi connectivity index (χ1n) is 6.58. The zero-order valence-electron chi connectivity index (χ0n) is 12.4. The summed E-state index contributed by atoms with van der Waals surface area (Å²) in [4.78, 5) is 12.0. The quantitative estimate of drug-likeness (QED) is 0.727. The molecule has 0 aliphatic carbocycles. The molecule has 3 rings (SSSR count). The maximum Gasteiger partial charge on any atom is 0.357 e. The van der Waals surface area contributed by atoms with Gasteiger partial charge in [0.1, 0.15) is 6.07 Å². The Morgan fingerprint density at radius 3 is 2.83 bits per heavy atom. The molecular formula is C15H12ClN5O2. The summed E-state index contributed by atoms with van der Waals surface area (Å²) < 4.78 is 7.89. The van der Waals surface area contributed by atoms with E-state index in [1.807, 2.05) is 12.3 Å². The predicted molar refractivity (Wildman–Crippen MR) is 85.5 cm³/mol. The summed E-state index contributed by atoms with van der Waals surface area (Å²) in [7, 11) is 3.05. The van der Waals surface area contributed by atoms with Crippen molar-refractivity contribution >= 4 is 34.2 Å². The number of rotatable bonds is 2. The molecule has 8 heteroatoms. The molecule has 0 aliphatic rings. The Morgan fingerprint density at radius 1 is 1.43 bits per heavy atom. The number of methoxy groups -OCH3 is 1. The summed E-state index contributed by atoms with van der Waals surface area (Å²) in [5.41, 5.74) is 7.42. The van der Waals surface area contributed by atoms with E-state index in [4.69, 9.17) is 27.3 Å². The molecule has 2 aromatic heterocycles. The molecule has 0 aliphatic heterocycles. The molecule has 0 fully saturated rings. The van der Waals surface area contributed by atoms with Crippen LogP contribution in [-0.2, 0) is 11.8 Å². The van der Waals surface area contributed by atoms with E-state index < -0.39 is 5.97 Å². The zero-order chi connectivity index (χ0) is 16.7. The van der Waals surface area contributed by atoms with Crippen LogP contribution in [0.25, 0.3) is 16.6 Å². The average Bonchev–Trinajstić information content (AvgIpc) is 3.04. The fourth-order valence-electron chi connectivity index (χ4n) is 2.45. The first-order valence-corrected chi connectivity index (χ1v) is 6.96. The van der Waals surface area contributed by atoms with Crippen molar-refractivity contribution in [3.63, 3.8) is 0 Å². The van der Waals surface area contributed by atoms with Gasteiger partial charge in [0.2, 0.25) is 0 Å². The molecule has 0 bridgehead atoms. The van der Waals surface area contributed by atoms with Gasteiger partial charge in [0.15, 0.2) is 5.69 Å². The molecular weight excluding hydrogens is 318 g/mol. The van der Waals surface area contributed by atoms with Crippen molar-refractivity contribution in [1.82, 2.24) is 14.3 Å². The Balaban J connectivity index is 2.32. The van der Waals surface area contributed by atoms with Crippen molar-refractivity contribution in [2.45, 2.75) is 0 Å². The summed E-state index contributed by atoms with van der Waals surface area (Å²) >= 11 is 6.33. The van der Waals surface area contributed by atoms with Gasteiger partial charge in [-0.2, -0.15) is 10.4 Å². The van der Waals surface area contributed by atoms with Crippen LogP contribution in [0.2, 0.25) is 5.02 Å². The maximum atomic E-state index is 12.0. The van der Waals surface area contributed by atoms with Crippen molar-refractivity contribution in [3.05, 3.63) is 40.8 Å². The standard InChI is InChI=1S/C15H12ClN5O2/c1-20-6-8-3-12(10(16)4-11(8)19-20)21-7-9(5-17)13(18)14(21)15(22)23-2/h3-4,6-7H,18H2,1-2H3. The minimum Gasteiger partial charge on any atom is -0.464 e. The molecule has 2 N–H and O–H groups in total.